The lowest BCUT2D eigenvalue weighted by molar-refractivity contribution is -0.126. The number of carbonyl (C=O) groups excluding carboxylic acids is 1. The van der Waals surface area contributed by atoms with E-state index in [-0.39, 0.29) is 12.4 Å². The summed E-state index contributed by atoms with van der Waals surface area (Å²) in [6.45, 7) is 2.09. The Hall–Kier alpha value is 0.0700. The fourth-order valence-electron chi connectivity index (χ4n) is 2.25. The topological polar surface area (TPSA) is 41.1 Å². The van der Waals surface area contributed by atoms with Gasteiger partial charge in [-0.15, -0.1) is 12.4 Å². The van der Waals surface area contributed by atoms with Crippen LogP contribution in [0.3, 0.4) is 0 Å². The first-order chi connectivity index (χ1) is 7.36. The third kappa shape index (κ3) is 4.15. The van der Waals surface area contributed by atoms with Crippen LogP contribution < -0.4 is 10.6 Å². The second kappa shape index (κ2) is 7.41. The summed E-state index contributed by atoms with van der Waals surface area (Å²) >= 11 is 1.97. The minimum Gasteiger partial charge on any atom is -0.353 e. The molecule has 0 saturated carbocycles. The van der Waals surface area contributed by atoms with E-state index in [0.29, 0.717) is 17.9 Å². The Morgan fingerprint density at radius 3 is 2.38 bits per heavy atom. The van der Waals surface area contributed by atoms with Crippen molar-refractivity contribution in [2.45, 2.75) is 31.7 Å². The molecule has 0 atom stereocenters. The molecular weight excluding hydrogens is 244 g/mol. The summed E-state index contributed by atoms with van der Waals surface area (Å²) in [4.78, 5) is 11.9. The van der Waals surface area contributed by atoms with Crippen LogP contribution in [0.15, 0.2) is 0 Å². The Bertz CT molecular complexity index is 216. The molecule has 2 heterocycles. The highest BCUT2D eigenvalue weighted by Crippen LogP contribution is 2.23. The van der Waals surface area contributed by atoms with Gasteiger partial charge in [-0.3, -0.25) is 4.79 Å². The van der Waals surface area contributed by atoms with Crippen LogP contribution in [-0.4, -0.2) is 36.5 Å². The summed E-state index contributed by atoms with van der Waals surface area (Å²) in [6, 6.07) is 0.424. The van der Waals surface area contributed by atoms with Crippen LogP contribution in [0.25, 0.3) is 0 Å². The quantitative estimate of drug-likeness (QED) is 0.793. The molecule has 0 aliphatic carbocycles. The highest BCUT2D eigenvalue weighted by molar-refractivity contribution is 7.99. The van der Waals surface area contributed by atoms with Crippen LogP contribution >= 0.6 is 24.2 Å². The van der Waals surface area contributed by atoms with Gasteiger partial charge in [-0.25, -0.2) is 0 Å². The molecule has 0 spiro atoms. The minimum atomic E-state index is 0. The van der Waals surface area contributed by atoms with Crippen LogP contribution in [0.5, 0.6) is 0 Å². The zero-order valence-electron chi connectivity index (χ0n) is 9.54. The Labute approximate surface area is 108 Å². The van der Waals surface area contributed by atoms with E-state index < -0.39 is 0 Å². The van der Waals surface area contributed by atoms with E-state index in [2.05, 4.69) is 10.6 Å². The van der Waals surface area contributed by atoms with Crippen molar-refractivity contribution < 1.29 is 4.79 Å². The summed E-state index contributed by atoms with van der Waals surface area (Å²) in [5, 5.41) is 6.51. The van der Waals surface area contributed by atoms with E-state index in [4.69, 9.17) is 0 Å². The summed E-state index contributed by atoms with van der Waals surface area (Å²) in [6.07, 6.45) is 4.32. The van der Waals surface area contributed by atoms with E-state index in [1.807, 2.05) is 11.8 Å². The average molecular weight is 265 g/mol. The molecule has 0 radical (unpaired) electrons. The van der Waals surface area contributed by atoms with Gasteiger partial charge in [0.15, 0.2) is 0 Å². The first-order valence-corrected chi connectivity index (χ1v) is 7.10. The third-order valence-electron chi connectivity index (χ3n) is 3.28. The van der Waals surface area contributed by atoms with E-state index in [1.165, 1.54) is 0 Å². The number of amides is 1. The van der Waals surface area contributed by atoms with Crippen LogP contribution in [0.4, 0.5) is 0 Å². The van der Waals surface area contributed by atoms with E-state index in [0.717, 1.165) is 50.3 Å². The maximum absolute atomic E-state index is 11.9. The zero-order valence-corrected chi connectivity index (χ0v) is 11.2. The molecule has 2 saturated heterocycles. The predicted molar refractivity (Wildman–Crippen MR) is 71.3 cm³/mol. The Kier molecular flexibility index (Phi) is 6.54. The molecular formula is C11H21ClN2OS. The van der Waals surface area contributed by atoms with Gasteiger partial charge >= 0.3 is 0 Å². The molecule has 2 aliphatic heterocycles. The van der Waals surface area contributed by atoms with Crippen molar-refractivity contribution in [3.05, 3.63) is 0 Å². The normalized spacial score (nSPS) is 23.5. The van der Waals surface area contributed by atoms with Gasteiger partial charge in [0.25, 0.3) is 0 Å². The van der Waals surface area contributed by atoms with Gasteiger partial charge < -0.3 is 10.6 Å². The molecule has 2 rings (SSSR count). The monoisotopic (exact) mass is 264 g/mol. The van der Waals surface area contributed by atoms with Crippen molar-refractivity contribution >= 4 is 30.1 Å². The molecule has 0 bridgehead atoms. The summed E-state index contributed by atoms with van der Waals surface area (Å²) < 4.78 is 0. The largest absolute Gasteiger partial charge is 0.353 e. The van der Waals surface area contributed by atoms with Gasteiger partial charge in [-0.05, 0) is 50.3 Å². The molecule has 0 aromatic heterocycles. The van der Waals surface area contributed by atoms with Gasteiger partial charge in [0, 0.05) is 12.0 Å². The first kappa shape index (κ1) is 14.1. The minimum absolute atomic E-state index is 0. The molecule has 3 nitrogen and oxygen atoms in total. The standard InChI is InChI=1S/C11H20N2OS.ClH/c14-11(9-3-7-15-8-4-9)13-10-1-5-12-6-2-10;/h9-10,12H,1-8H2,(H,13,14);1H. The highest BCUT2D eigenvalue weighted by Gasteiger charge is 2.24. The SMILES string of the molecule is Cl.O=C(NC1CCNCC1)C1CCSCC1. The maximum Gasteiger partial charge on any atom is 0.223 e. The van der Waals surface area contributed by atoms with Gasteiger partial charge in [-0.2, -0.15) is 11.8 Å². The maximum atomic E-state index is 11.9. The number of halogens is 1. The van der Waals surface area contributed by atoms with Crippen molar-refractivity contribution in [1.29, 1.82) is 0 Å². The molecule has 0 unspecified atom stereocenters. The first-order valence-electron chi connectivity index (χ1n) is 5.95. The van der Waals surface area contributed by atoms with Crippen molar-refractivity contribution in [3.8, 4) is 0 Å². The third-order valence-corrected chi connectivity index (χ3v) is 4.33. The number of thioether (sulfide) groups is 1. The molecule has 2 N–H and O–H groups in total. The predicted octanol–water partition coefficient (Wildman–Crippen LogP) is 1.42. The fraction of sp³-hybridized carbons (Fsp3) is 0.909. The van der Waals surface area contributed by atoms with Crippen molar-refractivity contribution in [3.63, 3.8) is 0 Å². The lowest BCUT2D eigenvalue weighted by atomic mass is 10.00. The van der Waals surface area contributed by atoms with E-state index in [9.17, 15) is 4.79 Å². The number of nitrogens with one attached hydrogen (secondary N) is 2. The molecule has 94 valence electrons. The number of piperidine rings is 1. The van der Waals surface area contributed by atoms with Crippen molar-refractivity contribution in [1.82, 2.24) is 10.6 Å². The fourth-order valence-corrected chi connectivity index (χ4v) is 3.35. The lowest BCUT2D eigenvalue weighted by Crippen LogP contribution is -2.45. The smallest absolute Gasteiger partial charge is 0.223 e. The molecule has 16 heavy (non-hydrogen) atoms. The lowest BCUT2D eigenvalue weighted by Gasteiger charge is -2.27. The van der Waals surface area contributed by atoms with Crippen LogP contribution in [-0.2, 0) is 4.79 Å². The molecule has 0 aromatic carbocycles. The van der Waals surface area contributed by atoms with E-state index >= 15 is 0 Å². The van der Waals surface area contributed by atoms with Gasteiger partial charge in [0.1, 0.15) is 0 Å². The van der Waals surface area contributed by atoms with E-state index in [1.54, 1.807) is 0 Å². The summed E-state index contributed by atoms with van der Waals surface area (Å²) in [7, 11) is 0. The number of carbonyl (C=O) groups is 1. The van der Waals surface area contributed by atoms with Crippen LogP contribution in [0, 0.1) is 5.92 Å². The van der Waals surface area contributed by atoms with Gasteiger partial charge in [-0.1, -0.05) is 0 Å². The Morgan fingerprint density at radius 1 is 1.12 bits per heavy atom. The molecule has 2 aliphatic rings. The van der Waals surface area contributed by atoms with Gasteiger partial charge in [0.2, 0.25) is 5.91 Å². The van der Waals surface area contributed by atoms with Gasteiger partial charge in [0.05, 0.1) is 0 Å². The second-order valence-electron chi connectivity index (χ2n) is 4.42. The number of hydrogen-bond acceptors (Lipinski definition) is 3. The van der Waals surface area contributed by atoms with Crippen molar-refractivity contribution in [2.24, 2.45) is 5.92 Å². The molecule has 1 amide bonds. The Morgan fingerprint density at radius 2 is 1.75 bits per heavy atom. The highest BCUT2D eigenvalue weighted by atomic mass is 35.5. The molecule has 0 aromatic rings. The summed E-state index contributed by atoms with van der Waals surface area (Å²) in [5.74, 6) is 2.91. The number of hydrogen-bond donors (Lipinski definition) is 2. The molecule has 2 fully saturated rings. The number of rotatable bonds is 2. The molecule has 5 heteroatoms. The zero-order chi connectivity index (χ0) is 10.5. The summed E-state index contributed by atoms with van der Waals surface area (Å²) in [5.41, 5.74) is 0. The van der Waals surface area contributed by atoms with Crippen LogP contribution in [0.1, 0.15) is 25.7 Å². The Balaban J connectivity index is 0.00000128. The average Bonchev–Trinajstić information content (AvgIpc) is 2.31. The van der Waals surface area contributed by atoms with Crippen molar-refractivity contribution in [2.75, 3.05) is 24.6 Å². The second-order valence-corrected chi connectivity index (χ2v) is 5.64. The van der Waals surface area contributed by atoms with Crippen LogP contribution in [0.2, 0.25) is 0 Å².